The minimum atomic E-state index is 0.0607. The predicted molar refractivity (Wildman–Crippen MR) is 124 cm³/mol. The summed E-state index contributed by atoms with van der Waals surface area (Å²) < 4.78 is 8.81. The smallest absolute Gasteiger partial charge is 0.230 e. The molecule has 1 aromatic carbocycles. The van der Waals surface area contributed by atoms with Crippen molar-refractivity contribution in [3.63, 3.8) is 0 Å². The minimum absolute atomic E-state index is 0.0607. The van der Waals surface area contributed by atoms with Gasteiger partial charge in [-0.2, -0.15) is 0 Å². The van der Waals surface area contributed by atoms with Crippen molar-refractivity contribution in [3.05, 3.63) is 34.3 Å². The second kappa shape index (κ2) is 10.4. The van der Waals surface area contributed by atoms with Gasteiger partial charge >= 0.3 is 0 Å². The predicted octanol–water partition coefficient (Wildman–Crippen LogP) is 3.91. The second-order valence-electron chi connectivity index (χ2n) is 7.83. The standard InChI is InChI=1S/C21H28N4O2S3/c26-18(15-29-19-23-25(20(28)30-19)17-7-3-1-4-8-17)22-16-21(9-5-2-6-10-21)24-11-13-27-14-12-24/h1,3-4,7-8H,2,5-6,9-16H2,(H,22,26). The van der Waals surface area contributed by atoms with E-state index in [9.17, 15) is 4.79 Å². The van der Waals surface area contributed by atoms with Gasteiger partial charge in [0.15, 0.2) is 8.29 Å². The first-order chi connectivity index (χ1) is 14.7. The van der Waals surface area contributed by atoms with E-state index < -0.39 is 0 Å². The number of para-hydroxylation sites is 1. The summed E-state index contributed by atoms with van der Waals surface area (Å²) >= 11 is 8.35. The highest BCUT2D eigenvalue weighted by atomic mass is 32.2. The fraction of sp³-hybridized carbons (Fsp3) is 0.571. The van der Waals surface area contributed by atoms with Crippen LogP contribution in [0.2, 0.25) is 0 Å². The molecule has 2 heterocycles. The molecule has 2 fully saturated rings. The summed E-state index contributed by atoms with van der Waals surface area (Å²) in [6.45, 7) is 4.23. The van der Waals surface area contributed by atoms with Crippen LogP contribution < -0.4 is 5.32 Å². The highest BCUT2D eigenvalue weighted by molar-refractivity contribution is 8.01. The Bertz CT molecular complexity index is 887. The van der Waals surface area contributed by atoms with Crippen molar-refractivity contribution in [1.29, 1.82) is 0 Å². The van der Waals surface area contributed by atoms with Gasteiger partial charge in [0.05, 0.1) is 24.7 Å². The Morgan fingerprint density at radius 1 is 1.20 bits per heavy atom. The second-order valence-corrected chi connectivity index (χ2v) is 10.7. The number of carbonyl (C=O) groups is 1. The highest BCUT2D eigenvalue weighted by Crippen LogP contribution is 2.34. The van der Waals surface area contributed by atoms with E-state index in [0.717, 1.165) is 55.7 Å². The maximum absolute atomic E-state index is 12.6. The normalized spacial score (nSPS) is 19.5. The molecule has 0 bridgehead atoms. The average Bonchev–Trinajstić information content (AvgIpc) is 3.18. The SMILES string of the molecule is O=C(CSc1nn(-c2ccccc2)c(=S)s1)NCC1(N2CCOCC2)CCCCC1. The van der Waals surface area contributed by atoms with E-state index in [4.69, 9.17) is 17.0 Å². The number of nitrogens with one attached hydrogen (secondary N) is 1. The van der Waals surface area contributed by atoms with E-state index in [1.165, 1.54) is 42.4 Å². The molecule has 1 saturated carbocycles. The molecule has 1 aliphatic heterocycles. The Labute approximate surface area is 191 Å². The number of hydrogen-bond acceptors (Lipinski definition) is 7. The van der Waals surface area contributed by atoms with Crippen molar-refractivity contribution in [2.45, 2.75) is 42.0 Å². The van der Waals surface area contributed by atoms with Gasteiger partial charge in [-0.1, -0.05) is 60.6 Å². The van der Waals surface area contributed by atoms with E-state index >= 15 is 0 Å². The van der Waals surface area contributed by atoms with Gasteiger partial charge in [0.1, 0.15) is 0 Å². The summed E-state index contributed by atoms with van der Waals surface area (Å²) in [5, 5.41) is 7.80. The number of thioether (sulfide) groups is 1. The van der Waals surface area contributed by atoms with Gasteiger partial charge < -0.3 is 10.1 Å². The molecule has 1 saturated heterocycles. The van der Waals surface area contributed by atoms with E-state index in [2.05, 4.69) is 15.3 Å². The third-order valence-electron chi connectivity index (χ3n) is 5.94. The largest absolute Gasteiger partial charge is 0.379 e. The molecule has 4 rings (SSSR count). The molecular formula is C21H28N4O2S3. The molecule has 1 aromatic heterocycles. The molecule has 30 heavy (non-hydrogen) atoms. The van der Waals surface area contributed by atoms with Crippen LogP contribution in [0.25, 0.3) is 5.69 Å². The molecule has 2 aliphatic rings. The maximum Gasteiger partial charge on any atom is 0.230 e. The number of aromatic nitrogens is 2. The molecule has 2 aromatic rings. The fourth-order valence-electron chi connectivity index (χ4n) is 4.35. The van der Waals surface area contributed by atoms with Crippen LogP contribution in [-0.2, 0) is 9.53 Å². The Morgan fingerprint density at radius 3 is 2.67 bits per heavy atom. The van der Waals surface area contributed by atoms with Crippen LogP contribution in [-0.4, -0.2) is 64.7 Å². The van der Waals surface area contributed by atoms with Gasteiger partial charge in [0.2, 0.25) is 5.91 Å². The molecule has 1 amide bonds. The minimum Gasteiger partial charge on any atom is -0.379 e. The zero-order valence-electron chi connectivity index (χ0n) is 17.0. The first-order valence-corrected chi connectivity index (χ1v) is 12.8. The summed E-state index contributed by atoms with van der Waals surface area (Å²) in [4.78, 5) is 15.2. The summed E-state index contributed by atoms with van der Waals surface area (Å²) in [6.07, 6.45) is 6.09. The van der Waals surface area contributed by atoms with Crippen molar-refractivity contribution < 1.29 is 9.53 Å². The van der Waals surface area contributed by atoms with Crippen molar-refractivity contribution in [3.8, 4) is 5.69 Å². The van der Waals surface area contributed by atoms with Gasteiger partial charge in [0, 0.05) is 25.2 Å². The topological polar surface area (TPSA) is 59.4 Å². The lowest BCUT2D eigenvalue weighted by Crippen LogP contribution is -2.59. The summed E-state index contributed by atoms with van der Waals surface area (Å²) in [7, 11) is 0. The van der Waals surface area contributed by atoms with E-state index in [0.29, 0.717) is 9.71 Å². The van der Waals surface area contributed by atoms with Crippen LogP contribution in [0.3, 0.4) is 0 Å². The Kier molecular flexibility index (Phi) is 7.59. The van der Waals surface area contributed by atoms with Crippen LogP contribution in [0.1, 0.15) is 32.1 Å². The zero-order chi connectivity index (χ0) is 20.8. The summed E-state index contributed by atoms with van der Waals surface area (Å²) in [6, 6.07) is 9.85. The summed E-state index contributed by atoms with van der Waals surface area (Å²) in [5.74, 6) is 0.418. The van der Waals surface area contributed by atoms with Gasteiger partial charge in [-0.25, -0.2) is 4.68 Å². The third-order valence-corrected chi connectivity index (χ3v) is 8.30. The molecule has 1 N–H and O–H groups in total. The Morgan fingerprint density at radius 2 is 1.93 bits per heavy atom. The summed E-state index contributed by atoms with van der Waals surface area (Å²) in [5.41, 5.74) is 1.04. The number of benzene rings is 1. The van der Waals surface area contributed by atoms with Crippen LogP contribution in [0.5, 0.6) is 0 Å². The van der Waals surface area contributed by atoms with Crippen LogP contribution in [0, 0.1) is 3.95 Å². The number of ether oxygens (including phenoxy) is 1. The molecule has 0 atom stereocenters. The highest BCUT2D eigenvalue weighted by Gasteiger charge is 2.38. The van der Waals surface area contributed by atoms with Gasteiger partial charge in [-0.15, -0.1) is 5.10 Å². The van der Waals surface area contributed by atoms with Crippen LogP contribution >= 0.6 is 35.3 Å². The van der Waals surface area contributed by atoms with Gasteiger partial charge in [-0.05, 0) is 37.2 Å². The van der Waals surface area contributed by atoms with Crippen LogP contribution in [0.15, 0.2) is 34.7 Å². The van der Waals surface area contributed by atoms with Crippen molar-refractivity contribution in [1.82, 2.24) is 20.0 Å². The van der Waals surface area contributed by atoms with Crippen molar-refractivity contribution in [2.75, 3.05) is 38.6 Å². The molecule has 0 unspecified atom stereocenters. The first-order valence-electron chi connectivity index (χ1n) is 10.5. The quantitative estimate of drug-likeness (QED) is 0.495. The third kappa shape index (κ3) is 5.31. The molecule has 162 valence electrons. The Balaban J connectivity index is 1.33. The van der Waals surface area contributed by atoms with E-state index in [1.807, 2.05) is 30.3 Å². The maximum atomic E-state index is 12.6. The molecule has 0 radical (unpaired) electrons. The molecule has 9 heteroatoms. The fourth-order valence-corrected chi connectivity index (χ4v) is 6.54. The molecule has 1 aliphatic carbocycles. The monoisotopic (exact) mass is 464 g/mol. The number of amides is 1. The number of nitrogens with zero attached hydrogens (tertiary/aromatic N) is 3. The van der Waals surface area contributed by atoms with Gasteiger partial charge in [0.25, 0.3) is 0 Å². The zero-order valence-corrected chi connectivity index (χ0v) is 19.5. The lowest BCUT2D eigenvalue weighted by Gasteiger charge is -2.48. The number of hydrogen-bond donors (Lipinski definition) is 1. The average molecular weight is 465 g/mol. The van der Waals surface area contributed by atoms with Crippen molar-refractivity contribution >= 4 is 41.2 Å². The lowest BCUT2D eigenvalue weighted by molar-refractivity contribution is -0.119. The van der Waals surface area contributed by atoms with Gasteiger partial charge in [-0.3, -0.25) is 9.69 Å². The Hall–Kier alpha value is -1.26. The number of rotatable bonds is 7. The van der Waals surface area contributed by atoms with E-state index in [1.54, 1.807) is 4.68 Å². The lowest BCUT2D eigenvalue weighted by atomic mass is 9.79. The van der Waals surface area contributed by atoms with Crippen molar-refractivity contribution in [2.24, 2.45) is 0 Å². The molecule has 0 spiro atoms. The molecular weight excluding hydrogens is 436 g/mol. The van der Waals surface area contributed by atoms with E-state index in [-0.39, 0.29) is 11.4 Å². The number of carbonyl (C=O) groups excluding carboxylic acids is 1. The molecule has 6 nitrogen and oxygen atoms in total. The van der Waals surface area contributed by atoms with Crippen LogP contribution in [0.4, 0.5) is 0 Å². The first kappa shape index (κ1) is 22.0. The number of morpholine rings is 1.